The fraction of sp³-hybridized carbons (Fsp3) is 0.130. The molecule has 4 rings (SSSR count). The van der Waals surface area contributed by atoms with Gasteiger partial charge in [-0.3, -0.25) is 4.79 Å². The number of imidazole rings is 1. The number of carbonyl (C=O) groups excluding carboxylic acids is 1. The van der Waals surface area contributed by atoms with Crippen molar-refractivity contribution in [2.24, 2.45) is 0 Å². The van der Waals surface area contributed by atoms with Crippen LogP contribution in [0.25, 0.3) is 5.65 Å². The van der Waals surface area contributed by atoms with Crippen LogP contribution < -0.4 is 10.1 Å². The van der Waals surface area contributed by atoms with Gasteiger partial charge in [0.2, 0.25) is 9.84 Å². The zero-order valence-corrected chi connectivity index (χ0v) is 17.9. The molecule has 4 aromatic rings. The van der Waals surface area contributed by atoms with E-state index in [2.05, 4.69) is 10.3 Å². The number of amides is 1. The lowest BCUT2D eigenvalue weighted by Gasteiger charge is -2.11. The number of sulfone groups is 1. The van der Waals surface area contributed by atoms with Crippen molar-refractivity contribution in [1.29, 1.82) is 0 Å². The summed E-state index contributed by atoms with van der Waals surface area (Å²) in [6, 6.07) is 15.0. The largest absolute Gasteiger partial charge is 0.495 e. The summed E-state index contributed by atoms with van der Waals surface area (Å²) < 4.78 is 33.1. The standard InChI is InChI=1S/C23H21N3O4S/c1-16-3-9-20(30-2)21(13-16)31(28,29)19-7-4-17(5-8-19)14-25-23(27)18-6-10-22-24-11-12-26(22)15-18/h3-13,15H,14H2,1-2H3,(H,25,27). The smallest absolute Gasteiger partial charge is 0.253 e. The molecule has 0 aliphatic carbocycles. The van der Waals surface area contributed by atoms with E-state index in [1.165, 1.54) is 19.2 Å². The van der Waals surface area contributed by atoms with Crippen molar-refractivity contribution in [1.82, 2.24) is 14.7 Å². The van der Waals surface area contributed by atoms with Gasteiger partial charge in [-0.2, -0.15) is 0 Å². The van der Waals surface area contributed by atoms with Crippen LogP contribution in [-0.2, 0) is 16.4 Å². The number of hydrogen-bond acceptors (Lipinski definition) is 5. The van der Waals surface area contributed by atoms with Crippen LogP contribution in [0, 0.1) is 6.92 Å². The van der Waals surface area contributed by atoms with E-state index in [4.69, 9.17) is 4.74 Å². The Kier molecular flexibility index (Phi) is 5.48. The molecule has 0 aliphatic heterocycles. The Balaban J connectivity index is 1.49. The second-order valence-electron chi connectivity index (χ2n) is 7.09. The van der Waals surface area contributed by atoms with E-state index in [-0.39, 0.29) is 22.2 Å². The topological polar surface area (TPSA) is 89.8 Å². The first-order valence-electron chi connectivity index (χ1n) is 9.58. The Morgan fingerprint density at radius 2 is 1.87 bits per heavy atom. The normalized spacial score (nSPS) is 11.4. The van der Waals surface area contributed by atoms with Gasteiger partial charge in [-0.1, -0.05) is 18.2 Å². The summed E-state index contributed by atoms with van der Waals surface area (Å²) in [6.07, 6.45) is 5.15. The van der Waals surface area contributed by atoms with Crippen LogP contribution in [0.5, 0.6) is 5.75 Å². The lowest BCUT2D eigenvalue weighted by atomic mass is 10.2. The third-order valence-corrected chi connectivity index (χ3v) is 6.74. The van der Waals surface area contributed by atoms with E-state index in [1.807, 2.05) is 6.92 Å². The molecule has 0 bridgehead atoms. The van der Waals surface area contributed by atoms with Gasteiger partial charge in [0.1, 0.15) is 16.3 Å². The molecule has 0 aliphatic rings. The predicted molar refractivity (Wildman–Crippen MR) is 116 cm³/mol. The van der Waals surface area contributed by atoms with Gasteiger partial charge in [-0.15, -0.1) is 0 Å². The Bertz CT molecular complexity index is 1360. The van der Waals surface area contributed by atoms with Gasteiger partial charge in [0.25, 0.3) is 5.91 Å². The summed E-state index contributed by atoms with van der Waals surface area (Å²) in [5, 5.41) is 2.85. The molecule has 1 N–H and O–H groups in total. The molecule has 0 saturated carbocycles. The van der Waals surface area contributed by atoms with Gasteiger partial charge in [-0.05, 0) is 54.4 Å². The summed E-state index contributed by atoms with van der Waals surface area (Å²) in [5.74, 6) is 0.0774. The number of aryl methyl sites for hydroxylation is 1. The number of ether oxygens (including phenoxy) is 1. The van der Waals surface area contributed by atoms with Crippen molar-refractivity contribution in [3.8, 4) is 5.75 Å². The molecule has 0 radical (unpaired) electrons. The molecule has 0 fully saturated rings. The van der Waals surface area contributed by atoms with Gasteiger partial charge in [0, 0.05) is 25.1 Å². The highest BCUT2D eigenvalue weighted by Gasteiger charge is 2.22. The molecule has 1 amide bonds. The average Bonchev–Trinajstić information content (AvgIpc) is 3.25. The molecule has 2 heterocycles. The van der Waals surface area contributed by atoms with Crippen LogP contribution in [-0.4, -0.2) is 30.8 Å². The first-order valence-corrected chi connectivity index (χ1v) is 11.1. The zero-order valence-electron chi connectivity index (χ0n) is 17.1. The molecule has 31 heavy (non-hydrogen) atoms. The van der Waals surface area contributed by atoms with Crippen LogP contribution in [0.15, 0.2) is 83.0 Å². The fourth-order valence-corrected chi connectivity index (χ4v) is 4.75. The van der Waals surface area contributed by atoms with Gasteiger partial charge in [-0.25, -0.2) is 13.4 Å². The minimum absolute atomic E-state index is 0.131. The number of hydrogen-bond donors (Lipinski definition) is 1. The van der Waals surface area contributed by atoms with E-state index in [0.717, 1.165) is 16.8 Å². The first kappa shape index (κ1) is 20.6. The van der Waals surface area contributed by atoms with E-state index >= 15 is 0 Å². The van der Waals surface area contributed by atoms with Crippen LogP contribution in [0.1, 0.15) is 21.5 Å². The predicted octanol–water partition coefficient (Wildman–Crippen LogP) is 3.41. The highest BCUT2D eigenvalue weighted by molar-refractivity contribution is 7.91. The lowest BCUT2D eigenvalue weighted by Crippen LogP contribution is -2.23. The monoisotopic (exact) mass is 435 g/mol. The molecule has 2 aromatic heterocycles. The maximum atomic E-state index is 13.1. The maximum absolute atomic E-state index is 13.1. The number of nitrogens with zero attached hydrogens (tertiary/aromatic N) is 2. The van der Waals surface area contributed by atoms with Crippen molar-refractivity contribution in [3.05, 3.63) is 89.9 Å². The molecule has 2 aromatic carbocycles. The third kappa shape index (κ3) is 4.15. The van der Waals surface area contributed by atoms with Crippen LogP contribution >= 0.6 is 0 Å². The lowest BCUT2D eigenvalue weighted by molar-refractivity contribution is 0.0950. The molecule has 0 atom stereocenters. The number of rotatable bonds is 6. The first-order chi connectivity index (χ1) is 14.9. The van der Waals surface area contributed by atoms with Crippen LogP contribution in [0.2, 0.25) is 0 Å². The molecular formula is C23H21N3O4S. The van der Waals surface area contributed by atoms with E-state index in [1.54, 1.807) is 65.5 Å². The van der Waals surface area contributed by atoms with E-state index in [9.17, 15) is 13.2 Å². The quantitative estimate of drug-likeness (QED) is 0.501. The highest BCUT2D eigenvalue weighted by Crippen LogP contribution is 2.30. The van der Waals surface area contributed by atoms with Gasteiger partial charge < -0.3 is 14.5 Å². The highest BCUT2D eigenvalue weighted by atomic mass is 32.2. The molecule has 8 heteroatoms. The van der Waals surface area contributed by atoms with Crippen molar-refractivity contribution < 1.29 is 17.9 Å². The molecule has 0 saturated heterocycles. The van der Waals surface area contributed by atoms with Gasteiger partial charge in [0.05, 0.1) is 17.6 Å². The molecule has 7 nitrogen and oxygen atoms in total. The van der Waals surface area contributed by atoms with Crippen LogP contribution in [0.3, 0.4) is 0 Å². The number of fused-ring (bicyclic) bond motifs is 1. The fourth-order valence-electron chi connectivity index (χ4n) is 3.25. The minimum atomic E-state index is -3.73. The SMILES string of the molecule is COc1ccc(C)cc1S(=O)(=O)c1ccc(CNC(=O)c2ccc3nccn3c2)cc1. The Morgan fingerprint density at radius 1 is 1.10 bits per heavy atom. The summed E-state index contributed by atoms with van der Waals surface area (Å²) in [4.78, 5) is 16.9. The summed E-state index contributed by atoms with van der Waals surface area (Å²) in [7, 11) is -2.29. The van der Waals surface area contributed by atoms with Crippen molar-refractivity contribution >= 4 is 21.4 Å². The second-order valence-corrected chi connectivity index (χ2v) is 9.01. The van der Waals surface area contributed by atoms with Gasteiger partial charge in [0.15, 0.2) is 0 Å². The molecular weight excluding hydrogens is 414 g/mol. The van der Waals surface area contributed by atoms with Crippen LogP contribution in [0.4, 0.5) is 0 Å². The van der Waals surface area contributed by atoms with Crippen molar-refractivity contribution in [2.45, 2.75) is 23.3 Å². The zero-order chi connectivity index (χ0) is 22.0. The summed E-state index contributed by atoms with van der Waals surface area (Å²) >= 11 is 0. The molecule has 0 unspecified atom stereocenters. The number of carbonyl (C=O) groups is 1. The number of pyridine rings is 1. The molecule has 0 spiro atoms. The maximum Gasteiger partial charge on any atom is 0.253 e. The minimum Gasteiger partial charge on any atom is -0.495 e. The summed E-state index contributed by atoms with van der Waals surface area (Å²) in [6.45, 7) is 2.10. The third-order valence-electron chi connectivity index (χ3n) is 4.95. The van der Waals surface area contributed by atoms with E-state index < -0.39 is 9.84 Å². The number of aromatic nitrogens is 2. The van der Waals surface area contributed by atoms with Gasteiger partial charge >= 0.3 is 0 Å². The number of benzene rings is 2. The Morgan fingerprint density at radius 3 is 2.61 bits per heavy atom. The summed E-state index contributed by atoms with van der Waals surface area (Å²) in [5.41, 5.74) is 2.88. The Labute approximate surface area is 180 Å². The molecule has 158 valence electrons. The second kappa shape index (κ2) is 8.23. The number of methoxy groups -OCH3 is 1. The average molecular weight is 436 g/mol. The number of nitrogens with one attached hydrogen (secondary N) is 1. The van der Waals surface area contributed by atoms with E-state index in [0.29, 0.717) is 11.3 Å². The Hall–Kier alpha value is -3.65. The van der Waals surface area contributed by atoms with Crippen molar-refractivity contribution in [3.63, 3.8) is 0 Å². The van der Waals surface area contributed by atoms with Crippen molar-refractivity contribution in [2.75, 3.05) is 7.11 Å².